The summed E-state index contributed by atoms with van der Waals surface area (Å²) in [6.07, 6.45) is 0.0531. The molecule has 0 unspecified atom stereocenters. The van der Waals surface area contributed by atoms with Crippen molar-refractivity contribution in [3.8, 4) is 0 Å². The van der Waals surface area contributed by atoms with Gasteiger partial charge in [-0.05, 0) is 16.7 Å². The molecule has 0 saturated heterocycles. The van der Waals surface area contributed by atoms with E-state index >= 15 is 0 Å². The van der Waals surface area contributed by atoms with Gasteiger partial charge in [-0.1, -0.05) is 54.6 Å². The molecular weight excluding hydrogens is 210 g/mol. The summed E-state index contributed by atoms with van der Waals surface area (Å²) in [5.41, 5.74) is 9.42. The van der Waals surface area contributed by atoms with E-state index in [1.165, 1.54) is 16.7 Å². The van der Waals surface area contributed by atoms with Crippen LogP contribution in [0.4, 0.5) is 0 Å². The van der Waals surface area contributed by atoms with Gasteiger partial charge in [0.15, 0.2) is 0 Å². The van der Waals surface area contributed by atoms with Gasteiger partial charge in [0, 0.05) is 6.54 Å². The summed E-state index contributed by atoms with van der Waals surface area (Å²) in [7, 11) is 0. The van der Waals surface area contributed by atoms with Gasteiger partial charge in [0.25, 0.3) is 0 Å². The lowest BCUT2D eigenvalue weighted by Gasteiger charge is -2.13. The van der Waals surface area contributed by atoms with Crippen LogP contribution in [-0.4, -0.2) is 6.54 Å². The fourth-order valence-corrected chi connectivity index (χ4v) is 2.42. The zero-order chi connectivity index (χ0) is 11.7. The number of rotatable bonds is 2. The fraction of sp³-hybridized carbons (Fsp3) is 0.200. The van der Waals surface area contributed by atoms with Gasteiger partial charge in [-0.15, -0.1) is 0 Å². The molecule has 3 rings (SSSR count). The molecule has 2 atom stereocenters. The first kappa shape index (κ1) is 10.5. The summed E-state index contributed by atoms with van der Waals surface area (Å²) < 4.78 is 6.04. The molecule has 86 valence electrons. The number of nitrogens with two attached hydrogens (primary N) is 1. The molecule has 0 spiro atoms. The van der Waals surface area contributed by atoms with Gasteiger partial charge in [0.2, 0.25) is 0 Å². The van der Waals surface area contributed by atoms with Crippen molar-refractivity contribution >= 4 is 0 Å². The second kappa shape index (κ2) is 4.32. The van der Waals surface area contributed by atoms with Crippen LogP contribution in [0, 0.1) is 0 Å². The van der Waals surface area contributed by atoms with Crippen molar-refractivity contribution < 1.29 is 4.74 Å². The van der Waals surface area contributed by atoms with Crippen LogP contribution in [0.5, 0.6) is 0 Å². The van der Waals surface area contributed by atoms with Crippen molar-refractivity contribution in [2.45, 2.75) is 12.2 Å². The normalized spacial score (nSPS) is 22.4. The molecule has 1 heterocycles. The second-order valence-electron chi connectivity index (χ2n) is 4.28. The predicted octanol–water partition coefficient (Wildman–Crippen LogP) is 2.81. The first-order valence-electron chi connectivity index (χ1n) is 5.89. The van der Waals surface area contributed by atoms with Crippen molar-refractivity contribution in [1.29, 1.82) is 0 Å². The van der Waals surface area contributed by atoms with E-state index in [1.54, 1.807) is 0 Å². The Morgan fingerprint density at radius 3 is 2.24 bits per heavy atom. The molecule has 0 aliphatic carbocycles. The highest BCUT2D eigenvalue weighted by Gasteiger charge is 2.31. The van der Waals surface area contributed by atoms with Crippen molar-refractivity contribution in [2.75, 3.05) is 6.54 Å². The highest BCUT2D eigenvalue weighted by Crippen LogP contribution is 2.41. The van der Waals surface area contributed by atoms with Gasteiger partial charge in [0.1, 0.15) is 6.10 Å². The Balaban J connectivity index is 2.05. The quantitative estimate of drug-likeness (QED) is 0.853. The zero-order valence-electron chi connectivity index (χ0n) is 9.54. The SMILES string of the molecule is NC[C@H]1O[C@@H](c2ccccc2)c2ccccc21. The number of fused-ring (bicyclic) bond motifs is 1. The average Bonchev–Trinajstić information content (AvgIpc) is 2.78. The summed E-state index contributed by atoms with van der Waals surface area (Å²) in [5.74, 6) is 0. The highest BCUT2D eigenvalue weighted by molar-refractivity contribution is 5.40. The van der Waals surface area contributed by atoms with Crippen LogP contribution in [0.25, 0.3) is 0 Å². The maximum atomic E-state index is 6.04. The van der Waals surface area contributed by atoms with Crippen molar-refractivity contribution in [3.05, 3.63) is 71.3 Å². The summed E-state index contributed by atoms with van der Waals surface area (Å²) in [4.78, 5) is 0. The Morgan fingerprint density at radius 1 is 0.882 bits per heavy atom. The van der Waals surface area contributed by atoms with Crippen LogP contribution in [0.1, 0.15) is 28.9 Å². The maximum Gasteiger partial charge on any atom is 0.109 e. The lowest BCUT2D eigenvalue weighted by Crippen LogP contribution is -2.11. The molecule has 0 radical (unpaired) electrons. The van der Waals surface area contributed by atoms with Crippen LogP contribution in [0.3, 0.4) is 0 Å². The summed E-state index contributed by atoms with van der Waals surface area (Å²) in [5, 5.41) is 0. The van der Waals surface area contributed by atoms with Crippen LogP contribution >= 0.6 is 0 Å². The van der Waals surface area contributed by atoms with E-state index < -0.39 is 0 Å². The van der Waals surface area contributed by atoms with Gasteiger partial charge in [-0.3, -0.25) is 0 Å². The van der Waals surface area contributed by atoms with E-state index in [0.29, 0.717) is 6.54 Å². The van der Waals surface area contributed by atoms with Crippen LogP contribution in [0.15, 0.2) is 54.6 Å². The summed E-state index contributed by atoms with van der Waals surface area (Å²) in [6, 6.07) is 18.6. The fourth-order valence-electron chi connectivity index (χ4n) is 2.42. The summed E-state index contributed by atoms with van der Waals surface area (Å²) >= 11 is 0. The van der Waals surface area contributed by atoms with Gasteiger partial charge in [-0.2, -0.15) is 0 Å². The Hall–Kier alpha value is -1.64. The standard InChI is InChI=1S/C15H15NO/c16-10-14-12-8-4-5-9-13(12)15(17-14)11-6-2-1-3-7-11/h1-9,14-15H,10,16H2/t14-,15+/m1/s1. The molecule has 2 nitrogen and oxygen atoms in total. The smallest absolute Gasteiger partial charge is 0.109 e. The van der Waals surface area contributed by atoms with E-state index in [9.17, 15) is 0 Å². The number of ether oxygens (including phenoxy) is 1. The van der Waals surface area contributed by atoms with E-state index in [-0.39, 0.29) is 12.2 Å². The van der Waals surface area contributed by atoms with E-state index in [2.05, 4.69) is 30.3 Å². The summed E-state index contributed by atoms with van der Waals surface area (Å²) in [6.45, 7) is 0.528. The molecule has 0 bridgehead atoms. The Labute approximate surface area is 101 Å². The monoisotopic (exact) mass is 225 g/mol. The molecule has 1 aliphatic rings. The average molecular weight is 225 g/mol. The lowest BCUT2D eigenvalue weighted by molar-refractivity contribution is 0.0392. The second-order valence-corrected chi connectivity index (χ2v) is 4.28. The predicted molar refractivity (Wildman–Crippen MR) is 67.6 cm³/mol. The molecule has 2 N–H and O–H groups in total. The van der Waals surface area contributed by atoms with Crippen LogP contribution in [-0.2, 0) is 4.74 Å². The third-order valence-electron chi connectivity index (χ3n) is 3.24. The molecule has 2 aromatic carbocycles. The first-order chi connectivity index (χ1) is 8.40. The number of hydrogen-bond donors (Lipinski definition) is 1. The topological polar surface area (TPSA) is 35.2 Å². The molecule has 0 aromatic heterocycles. The minimum Gasteiger partial charge on any atom is -0.360 e. The van der Waals surface area contributed by atoms with Gasteiger partial charge in [0.05, 0.1) is 6.10 Å². The van der Waals surface area contributed by atoms with Gasteiger partial charge in [-0.25, -0.2) is 0 Å². The lowest BCUT2D eigenvalue weighted by atomic mass is 9.98. The molecular formula is C15H15NO. The van der Waals surface area contributed by atoms with Crippen LogP contribution < -0.4 is 5.73 Å². The number of benzene rings is 2. The third-order valence-corrected chi connectivity index (χ3v) is 3.24. The molecule has 1 aliphatic heterocycles. The van der Waals surface area contributed by atoms with Crippen molar-refractivity contribution in [2.24, 2.45) is 5.73 Å². The number of hydrogen-bond acceptors (Lipinski definition) is 2. The Morgan fingerprint density at radius 2 is 1.53 bits per heavy atom. The highest BCUT2D eigenvalue weighted by atomic mass is 16.5. The minimum atomic E-state index is 0.0245. The van der Waals surface area contributed by atoms with E-state index in [1.807, 2.05) is 24.3 Å². The largest absolute Gasteiger partial charge is 0.360 e. The molecule has 0 fully saturated rings. The van der Waals surface area contributed by atoms with E-state index in [0.717, 1.165) is 0 Å². The molecule has 0 saturated carbocycles. The third kappa shape index (κ3) is 1.75. The zero-order valence-corrected chi connectivity index (χ0v) is 9.54. The van der Waals surface area contributed by atoms with Crippen molar-refractivity contribution in [1.82, 2.24) is 0 Å². The Kier molecular flexibility index (Phi) is 2.67. The molecule has 2 heteroatoms. The van der Waals surface area contributed by atoms with Gasteiger partial charge >= 0.3 is 0 Å². The molecule has 2 aromatic rings. The Bertz CT molecular complexity index is 509. The molecule has 17 heavy (non-hydrogen) atoms. The first-order valence-corrected chi connectivity index (χ1v) is 5.89. The molecule has 0 amide bonds. The van der Waals surface area contributed by atoms with Crippen molar-refractivity contribution in [3.63, 3.8) is 0 Å². The maximum absolute atomic E-state index is 6.04. The van der Waals surface area contributed by atoms with E-state index in [4.69, 9.17) is 10.5 Å². The van der Waals surface area contributed by atoms with Crippen LogP contribution in [0.2, 0.25) is 0 Å². The minimum absolute atomic E-state index is 0.0245. The van der Waals surface area contributed by atoms with Gasteiger partial charge < -0.3 is 10.5 Å².